The van der Waals surface area contributed by atoms with Crippen molar-refractivity contribution in [3.63, 3.8) is 0 Å². The van der Waals surface area contributed by atoms with Gasteiger partial charge in [-0.1, -0.05) is 15.9 Å². The quantitative estimate of drug-likeness (QED) is 0.770. The molecular weight excluding hydrogens is 358 g/mol. The number of aromatic carboxylic acids is 1. The number of benzene rings is 1. The second kappa shape index (κ2) is 6.39. The van der Waals surface area contributed by atoms with Crippen LogP contribution in [0, 0.1) is 11.3 Å². The number of nitriles is 1. The molecule has 1 aromatic heterocycles. The molecule has 2 amide bonds. The van der Waals surface area contributed by atoms with Crippen LogP contribution in [-0.4, -0.2) is 17.1 Å². The number of amides is 2. The van der Waals surface area contributed by atoms with E-state index in [1.807, 2.05) is 6.07 Å². The highest BCUT2D eigenvalue weighted by Gasteiger charge is 2.14. The van der Waals surface area contributed by atoms with E-state index in [0.717, 1.165) is 15.8 Å². The number of nitrogens with zero attached hydrogens (tertiary/aromatic N) is 1. The van der Waals surface area contributed by atoms with Crippen molar-refractivity contribution < 1.29 is 14.7 Å². The Morgan fingerprint density at radius 2 is 2.05 bits per heavy atom. The van der Waals surface area contributed by atoms with Crippen molar-refractivity contribution in [2.75, 3.05) is 10.6 Å². The van der Waals surface area contributed by atoms with Crippen LogP contribution >= 0.6 is 27.3 Å². The lowest BCUT2D eigenvalue weighted by molar-refractivity contribution is 0.0698. The molecule has 1 heterocycles. The molecule has 0 radical (unpaired) electrons. The van der Waals surface area contributed by atoms with Crippen molar-refractivity contribution in [3.05, 3.63) is 45.2 Å². The standard InChI is InChI=1S/C13H8BrN3O3S/c14-8-1-2-10(7(5-8)6-15)16-13(20)17-11-9(12(18)19)3-4-21-11/h1-5H,(H,18,19)(H2,16,17,20). The van der Waals surface area contributed by atoms with Gasteiger partial charge in [0.05, 0.1) is 16.8 Å². The topological polar surface area (TPSA) is 102 Å². The smallest absolute Gasteiger partial charge is 0.338 e. The first-order valence-corrected chi connectivity index (χ1v) is 7.27. The van der Waals surface area contributed by atoms with Crippen LogP contribution in [0.2, 0.25) is 0 Å². The van der Waals surface area contributed by atoms with Crippen LogP contribution in [-0.2, 0) is 0 Å². The number of nitrogens with one attached hydrogen (secondary N) is 2. The van der Waals surface area contributed by atoms with Gasteiger partial charge in [0.15, 0.2) is 0 Å². The number of thiophene rings is 1. The Morgan fingerprint density at radius 1 is 1.29 bits per heavy atom. The molecule has 106 valence electrons. The Balaban J connectivity index is 2.14. The van der Waals surface area contributed by atoms with E-state index < -0.39 is 12.0 Å². The Hall–Kier alpha value is -2.37. The zero-order valence-electron chi connectivity index (χ0n) is 10.4. The molecule has 0 saturated heterocycles. The van der Waals surface area contributed by atoms with Crippen molar-refractivity contribution in [2.45, 2.75) is 0 Å². The molecule has 21 heavy (non-hydrogen) atoms. The first-order chi connectivity index (χ1) is 10.0. The molecule has 0 aliphatic carbocycles. The summed E-state index contributed by atoms with van der Waals surface area (Å²) in [7, 11) is 0. The molecule has 1 aromatic carbocycles. The minimum absolute atomic E-state index is 0.0199. The molecule has 0 unspecified atom stereocenters. The third-order valence-electron chi connectivity index (χ3n) is 2.47. The minimum Gasteiger partial charge on any atom is -0.478 e. The fourth-order valence-electron chi connectivity index (χ4n) is 1.55. The number of carbonyl (C=O) groups excluding carboxylic acids is 1. The molecule has 0 aliphatic heterocycles. The van der Waals surface area contributed by atoms with Gasteiger partial charge < -0.3 is 10.4 Å². The lowest BCUT2D eigenvalue weighted by atomic mass is 10.2. The average molecular weight is 366 g/mol. The number of anilines is 2. The molecule has 0 atom stereocenters. The summed E-state index contributed by atoms with van der Waals surface area (Å²) in [5.74, 6) is -1.12. The van der Waals surface area contributed by atoms with Crippen LogP contribution in [0.25, 0.3) is 0 Å². The zero-order valence-corrected chi connectivity index (χ0v) is 12.8. The van der Waals surface area contributed by atoms with E-state index in [4.69, 9.17) is 10.4 Å². The molecule has 8 heteroatoms. The van der Waals surface area contributed by atoms with Crippen molar-refractivity contribution in [1.29, 1.82) is 5.26 Å². The van der Waals surface area contributed by atoms with Gasteiger partial charge in [-0.25, -0.2) is 9.59 Å². The van der Waals surface area contributed by atoms with Crippen LogP contribution in [0.15, 0.2) is 34.1 Å². The Kier molecular flexibility index (Phi) is 4.57. The highest BCUT2D eigenvalue weighted by atomic mass is 79.9. The van der Waals surface area contributed by atoms with Crippen LogP contribution in [0.5, 0.6) is 0 Å². The van der Waals surface area contributed by atoms with Crippen LogP contribution < -0.4 is 10.6 Å². The fraction of sp³-hybridized carbons (Fsp3) is 0. The predicted octanol–water partition coefficient (Wildman–Crippen LogP) is 3.72. The maximum absolute atomic E-state index is 11.9. The second-order valence-corrected chi connectivity index (χ2v) is 5.68. The summed E-state index contributed by atoms with van der Waals surface area (Å²) in [6, 6.07) is 7.60. The largest absolute Gasteiger partial charge is 0.478 e. The van der Waals surface area contributed by atoms with Gasteiger partial charge in [-0.05, 0) is 29.6 Å². The summed E-state index contributed by atoms with van der Waals surface area (Å²) in [6.45, 7) is 0. The van der Waals surface area contributed by atoms with Crippen LogP contribution in [0.4, 0.5) is 15.5 Å². The maximum atomic E-state index is 11.9. The van der Waals surface area contributed by atoms with Gasteiger partial charge in [0.25, 0.3) is 0 Å². The van der Waals surface area contributed by atoms with E-state index >= 15 is 0 Å². The fourth-order valence-corrected chi connectivity index (χ4v) is 2.68. The summed E-state index contributed by atoms with van der Waals surface area (Å²) in [4.78, 5) is 22.8. The van der Waals surface area contributed by atoms with E-state index in [2.05, 4.69) is 26.6 Å². The summed E-state index contributed by atoms with van der Waals surface area (Å²) in [5, 5.41) is 24.7. The van der Waals surface area contributed by atoms with E-state index in [0.29, 0.717) is 11.3 Å². The zero-order chi connectivity index (χ0) is 15.4. The third kappa shape index (κ3) is 3.59. The first kappa shape index (κ1) is 15.0. The third-order valence-corrected chi connectivity index (χ3v) is 3.80. The molecule has 0 fully saturated rings. The first-order valence-electron chi connectivity index (χ1n) is 5.59. The van der Waals surface area contributed by atoms with Crippen molar-refractivity contribution >= 4 is 50.0 Å². The highest BCUT2D eigenvalue weighted by Crippen LogP contribution is 2.24. The number of hydrogen-bond donors (Lipinski definition) is 3. The molecule has 6 nitrogen and oxygen atoms in total. The van der Waals surface area contributed by atoms with Crippen molar-refractivity contribution in [1.82, 2.24) is 0 Å². The van der Waals surface area contributed by atoms with Gasteiger partial charge in [-0.3, -0.25) is 5.32 Å². The maximum Gasteiger partial charge on any atom is 0.338 e. The summed E-state index contributed by atoms with van der Waals surface area (Å²) >= 11 is 4.34. The van der Waals surface area contributed by atoms with E-state index in [1.165, 1.54) is 6.07 Å². The summed E-state index contributed by atoms with van der Waals surface area (Å²) in [6.07, 6.45) is 0. The van der Waals surface area contributed by atoms with Crippen molar-refractivity contribution in [3.8, 4) is 6.07 Å². The van der Waals surface area contributed by atoms with E-state index in [1.54, 1.807) is 23.6 Å². The predicted molar refractivity (Wildman–Crippen MR) is 82.8 cm³/mol. The number of halogens is 1. The monoisotopic (exact) mass is 365 g/mol. The molecular formula is C13H8BrN3O3S. The second-order valence-electron chi connectivity index (χ2n) is 3.85. The average Bonchev–Trinajstić information content (AvgIpc) is 2.89. The van der Waals surface area contributed by atoms with Crippen LogP contribution in [0.3, 0.4) is 0 Å². The number of hydrogen-bond acceptors (Lipinski definition) is 4. The Morgan fingerprint density at radius 3 is 2.71 bits per heavy atom. The normalized spacial score (nSPS) is 9.71. The molecule has 0 bridgehead atoms. The SMILES string of the molecule is N#Cc1cc(Br)ccc1NC(=O)Nc1sccc1C(=O)O. The number of rotatable bonds is 3. The Labute approximate surface area is 132 Å². The molecule has 2 rings (SSSR count). The molecule has 0 saturated carbocycles. The summed E-state index contributed by atoms with van der Waals surface area (Å²) in [5.41, 5.74) is 0.655. The number of carbonyl (C=O) groups is 2. The van der Waals surface area contributed by atoms with Crippen LogP contribution in [0.1, 0.15) is 15.9 Å². The van der Waals surface area contributed by atoms with Gasteiger partial charge in [-0.15, -0.1) is 11.3 Å². The van der Waals surface area contributed by atoms with Crippen molar-refractivity contribution in [2.24, 2.45) is 0 Å². The minimum atomic E-state index is -1.12. The lowest BCUT2D eigenvalue weighted by Gasteiger charge is -2.08. The van der Waals surface area contributed by atoms with Gasteiger partial charge >= 0.3 is 12.0 Å². The van der Waals surface area contributed by atoms with Gasteiger partial charge in [-0.2, -0.15) is 5.26 Å². The Bertz CT molecular complexity index is 751. The van der Waals surface area contributed by atoms with E-state index in [-0.39, 0.29) is 10.6 Å². The molecule has 0 aliphatic rings. The van der Waals surface area contributed by atoms with Gasteiger partial charge in [0, 0.05) is 4.47 Å². The molecule has 0 spiro atoms. The number of urea groups is 1. The van der Waals surface area contributed by atoms with Gasteiger partial charge in [0.1, 0.15) is 11.1 Å². The number of carboxylic acid groups (broad SMARTS) is 1. The number of carboxylic acids is 1. The summed E-state index contributed by atoms with van der Waals surface area (Å²) < 4.78 is 0.719. The molecule has 2 aromatic rings. The highest BCUT2D eigenvalue weighted by molar-refractivity contribution is 9.10. The van der Waals surface area contributed by atoms with Gasteiger partial charge in [0.2, 0.25) is 0 Å². The lowest BCUT2D eigenvalue weighted by Crippen LogP contribution is -2.20. The van der Waals surface area contributed by atoms with E-state index in [9.17, 15) is 9.59 Å². The molecule has 3 N–H and O–H groups in total.